The zero-order valence-electron chi connectivity index (χ0n) is 24.5. The summed E-state index contributed by atoms with van der Waals surface area (Å²) < 4.78 is 6.52. The molecule has 44 heavy (non-hydrogen) atoms. The maximum atomic E-state index is 9.16. The first-order chi connectivity index (χ1) is 21.8. The Kier molecular flexibility index (Phi) is 7.90. The number of rotatable bonds is 9. The lowest BCUT2D eigenvalue weighted by atomic mass is 10.0. The molecule has 0 radical (unpaired) electrons. The molecule has 218 valence electrons. The van der Waals surface area contributed by atoms with Crippen molar-refractivity contribution in [2.24, 2.45) is 0 Å². The minimum atomic E-state index is 0.226. The Balaban J connectivity index is 1.50. The van der Waals surface area contributed by atoms with Gasteiger partial charge in [0.1, 0.15) is 5.69 Å². The van der Waals surface area contributed by atoms with Gasteiger partial charge in [0.2, 0.25) is 0 Å². The minimum absolute atomic E-state index is 0.226. The third-order valence-corrected chi connectivity index (χ3v) is 7.95. The number of H-pyrrole nitrogens is 2. The van der Waals surface area contributed by atoms with E-state index in [1.807, 2.05) is 18.2 Å². The third-order valence-electron chi connectivity index (χ3n) is 7.95. The number of nitrogens with zero attached hydrogens (tertiary/aromatic N) is 2. The van der Waals surface area contributed by atoms with Crippen molar-refractivity contribution >= 4 is 46.4 Å². The summed E-state index contributed by atoms with van der Waals surface area (Å²) in [5, 5.41) is 9.16. The van der Waals surface area contributed by atoms with Crippen molar-refractivity contribution in [3.63, 3.8) is 0 Å². The van der Waals surface area contributed by atoms with Gasteiger partial charge in [-0.15, -0.1) is 0 Å². The molecule has 0 saturated carbocycles. The molecule has 7 rings (SSSR count). The van der Waals surface area contributed by atoms with E-state index < -0.39 is 0 Å². The Bertz CT molecular complexity index is 1970. The number of hydrogen-bond donors (Lipinski definition) is 3. The standard InChI is InChI=1S/C38H34N4O2/c43-23-9-1-2-10-24-44-38-34-21-19-32(41-34)36(26-11-5-3-6-12-26)30-17-15-28(39-30)25-29-16-18-31(40-29)37(27-13-7-4-8-14-27)33-20-22-35(38)42-33/h3-8,11-22,25,39,42-43H,1-2,9-10,23-24H2. The highest BCUT2D eigenvalue weighted by molar-refractivity contribution is 5.94. The van der Waals surface area contributed by atoms with Crippen LogP contribution in [0, 0.1) is 0 Å². The summed E-state index contributed by atoms with van der Waals surface area (Å²) in [7, 11) is 0. The fourth-order valence-corrected chi connectivity index (χ4v) is 5.82. The van der Waals surface area contributed by atoms with Crippen LogP contribution >= 0.6 is 0 Å². The Morgan fingerprint density at radius 2 is 1.18 bits per heavy atom. The molecular weight excluding hydrogens is 544 g/mol. The van der Waals surface area contributed by atoms with E-state index in [0.29, 0.717) is 12.4 Å². The first-order valence-corrected chi connectivity index (χ1v) is 15.2. The Labute approximate surface area is 256 Å². The SMILES string of the molecule is OCCCCCCOc1c2nc(c(-c3ccccc3)c3ccc(cc4nc(c(-c5ccccc5)c5ccc1[nH]5)C=C4)[nH]3)C=C2. The molecule has 0 saturated heterocycles. The van der Waals surface area contributed by atoms with Crippen LogP contribution in [-0.2, 0) is 0 Å². The first-order valence-electron chi connectivity index (χ1n) is 15.2. The molecule has 6 heteroatoms. The molecule has 2 aliphatic rings. The normalized spacial score (nSPS) is 12.1. The summed E-state index contributed by atoms with van der Waals surface area (Å²) >= 11 is 0. The fourth-order valence-electron chi connectivity index (χ4n) is 5.82. The van der Waals surface area contributed by atoms with Gasteiger partial charge in [-0.3, -0.25) is 0 Å². The van der Waals surface area contributed by atoms with Crippen molar-refractivity contribution in [3.8, 4) is 28.0 Å². The van der Waals surface area contributed by atoms with E-state index >= 15 is 0 Å². The highest BCUT2D eigenvalue weighted by Gasteiger charge is 2.16. The molecule has 0 aliphatic carbocycles. The summed E-state index contributed by atoms with van der Waals surface area (Å²) in [5.74, 6) is 0.716. The summed E-state index contributed by atoms with van der Waals surface area (Å²) in [5.41, 5.74) is 11.4. The van der Waals surface area contributed by atoms with Gasteiger partial charge in [0.15, 0.2) is 5.75 Å². The number of aromatic nitrogens is 4. The number of hydrogen-bond acceptors (Lipinski definition) is 4. The number of aliphatic hydroxyl groups excluding tert-OH is 1. The maximum absolute atomic E-state index is 9.16. The summed E-state index contributed by atoms with van der Waals surface area (Å²) in [4.78, 5) is 17.5. The van der Waals surface area contributed by atoms with Gasteiger partial charge < -0.3 is 19.8 Å². The Morgan fingerprint density at radius 3 is 1.93 bits per heavy atom. The molecule has 2 aromatic carbocycles. The molecule has 5 aromatic rings. The predicted molar refractivity (Wildman–Crippen MR) is 181 cm³/mol. The van der Waals surface area contributed by atoms with E-state index in [-0.39, 0.29) is 6.61 Å². The average molecular weight is 579 g/mol. The van der Waals surface area contributed by atoms with Crippen LogP contribution in [0.2, 0.25) is 0 Å². The largest absolute Gasteiger partial charge is 0.489 e. The molecule has 6 nitrogen and oxygen atoms in total. The maximum Gasteiger partial charge on any atom is 0.168 e. The van der Waals surface area contributed by atoms with Crippen molar-refractivity contribution in [1.82, 2.24) is 19.9 Å². The lowest BCUT2D eigenvalue weighted by Crippen LogP contribution is -2.00. The number of aromatic amines is 2. The average Bonchev–Trinajstić information content (AvgIpc) is 3.88. The monoisotopic (exact) mass is 578 g/mol. The molecule has 0 spiro atoms. The summed E-state index contributed by atoms with van der Waals surface area (Å²) in [6.07, 6.45) is 11.9. The van der Waals surface area contributed by atoms with E-state index in [0.717, 1.165) is 92.8 Å². The molecular formula is C38H34N4O2. The second kappa shape index (κ2) is 12.6. The number of aliphatic hydroxyl groups is 1. The van der Waals surface area contributed by atoms with Gasteiger partial charge in [-0.05, 0) is 85.0 Å². The highest BCUT2D eigenvalue weighted by Crippen LogP contribution is 2.35. The number of nitrogens with one attached hydrogen (secondary N) is 2. The van der Waals surface area contributed by atoms with Gasteiger partial charge in [-0.1, -0.05) is 67.1 Å². The van der Waals surface area contributed by atoms with Gasteiger partial charge in [0, 0.05) is 34.3 Å². The van der Waals surface area contributed by atoms with Crippen LogP contribution in [0.3, 0.4) is 0 Å². The van der Waals surface area contributed by atoms with E-state index in [4.69, 9.17) is 19.8 Å². The Morgan fingerprint density at radius 1 is 0.568 bits per heavy atom. The van der Waals surface area contributed by atoms with Crippen LogP contribution in [0.1, 0.15) is 48.5 Å². The molecule has 8 bridgehead atoms. The van der Waals surface area contributed by atoms with Crippen LogP contribution in [0.5, 0.6) is 5.75 Å². The minimum Gasteiger partial charge on any atom is -0.489 e. The Hall–Kier alpha value is -5.20. The van der Waals surface area contributed by atoms with Crippen molar-refractivity contribution in [2.45, 2.75) is 25.7 Å². The summed E-state index contributed by atoms with van der Waals surface area (Å²) in [6, 6.07) is 31.2. The second-order valence-corrected chi connectivity index (χ2v) is 11.0. The third kappa shape index (κ3) is 5.72. The smallest absolute Gasteiger partial charge is 0.168 e. The molecule has 5 heterocycles. The van der Waals surface area contributed by atoms with Gasteiger partial charge in [-0.25, -0.2) is 9.97 Å². The van der Waals surface area contributed by atoms with Gasteiger partial charge in [-0.2, -0.15) is 0 Å². The summed E-state index contributed by atoms with van der Waals surface area (Å²) in [6.45, 7) is 0.787. The second-order valence-electron chi connectivity index (χ2n) is 11.0. The van der Waals surface area contributed by atoms with Crippen molar-refractivity contribution < 1.29 is 9.84 Å². The topological polar surface area (TPSA) is 86.8 Å². The van der Waals surface area contributed by atoms with Crippen molar-refractivity contribution in [1.29, 1.82) is 0 Å². The first kappa shape index (κ1) is 27.6. The number of benzene rings is 2. The predicted octanol–water partition coefficient (Wildman–Crippen LogP) is 8.92. The number of ether oxygens (including phenoxy) is 1. The number of unbranched alkanes of at least 4 members (excludes halogenated alkanes) is 3. The molecule has 0 fully saturated rings. The van der Waals surface area contributed by atoms with Gasteiger partial charge in [0.25, 0.3) is 0 Å². The van der Waals surface area contributed by atoms with Crippen LogP contribution < -0.4 is 4.74 Å². The molecule has 0 atom stereocenters. The molecule has 2 aliphatic heterocycles. The van der Waals surface area contributed by atoms with Crippen LogP contribution in [0.25, 0.3) is 68.6 Å². The molecule has 3 aromatic heterocycles. The number of fused-ring (bicyclic) bond motifs is 8. The van der Waals surface area contributed by atoms with Gasteiger partial charge in [0.05, 0.1) is 29.2 Å². The van der Waals surface area contributed by atoms with Crippen molar-refractivity contribution in [3.05, 3.63) is 114 Å². The molecule has 3 N–H and O–H groups in total. The lowest BCUT2D eigenvalue weighted by molar-refractivity contribution is 0.274. The van der Waals surface area contributed by atoms with E-state index in [2.05, 4.69) is 107 Å². The molecule has 0 amide bonds. The van der Waals surface area contributed by atoms with Crippen LogP contribution in [-0.4, -0.2) is 38.3 Å². The molecule has 0 unspecified atom stereocenters. The van der Waals surface area contributed by atoms with Crippen LogP contribution in [0.15, 0.2) is 91.0 Å². The lowest BCUT2D eigenvalue weighted by Gasteiger charge is -2.08. The quantitative estimate of drug-likeness (QED) is 0.149. The van der Waals surface area contributed by atoms with Crippen molar-refractivity contribution in [2.75, 3.05) is 13.2 Å². The zero-order valence-corrected chi connectivity index (χ0v) is 24.5. The van der Waals surface area contributed by atoms with E-state index in [1.165, 1.54) is 0 Å². The fraction of sp³-hybridized carbons (Fsp3) is 0.158. The van der Waals surface area contributed by atoms with E-state index in [9.17, 15) is 0 Å². The zero-order chi connectivity index (χ0) is 29.7. The van der Waals surface area contributed by atoms with Gasteiger partial charge >= 0.3 is 0 Å². The highest BCUT2D eigenvalue weighted by atomic mass is 16.5. The van der Waals surface area contributed by atoms with E-state index in [1.54, 1.807) is 0 Å². The van der Waals surface area contributed by atoms with Crippen LogP contribution in [0.4, 0.5) is 0 Å².